The van der Waals surface area contributed by atoms with E-state index in [1.807, 2.05) is 0 Å². The second-order valence-corrected chi connectivity index (χ2v) is 6.15. The highest BCUT2D eigenvalue weighted by atomic mass is 19.1. The van der Waals surface area contributed by atoms with Gasteiger partial charge in [0, 0.05) is 24.7 Å². The zero-order valence-electron chi connectivity index (χ0n) is 13.7. The molecule has 0 bridgehead atoms. The molecule has 2 N–H and O–H groups in total. The fourth-order valence-corrected chi connectivity index (χ4v) is 2.85. The summed E-state index contributed by atoms with van der Waals surface area (Å²) in [6, 6.07) is 10.4. The van der Waals surface area contributed by atoms with E-state index < -0.39 is 11.6 Å². The number of anilines is 1. The summed E-state index contributed by atoms with van der Waals surface area (Å²) in [5.41, 5.74) is 1.84. The summed E-state index contributed by atoms with van der Waals surface area (Å²) in [5.74, 6) is -2.04. The fourth-order valence-electron chi connectivity index (χ4n) is 2.85. The number of carbonyl (C=O) groups excluding carboxylic acids is 2. The number of carbonyl (C=O) groups is 2. The number of hydrogen-bond acceptors (Lipinski definition) is 2. The minimum atomic E-state index is -0.625. The summed E-state index contributed by atoms with van der Waals surface area (Å²) < 4.78 is 26.7. The van der Waals surface area contributed by atoms with Crippen LogP contribution in [0.1, 0.15) is 23.5 Å². The molecule has 1 aliphatic carbocycles. The molecule has 2 atom stereocenters. The van der Waals surface area contributed by atoms with Gasteiger partial charge >= 0.3 is 0 Å². The summed E-state index contributed by atoms with van der Waals surface area (Å²) in [6.07, 6.45) is 0.822. The summed E-state index contributed by atoms with van der Waals surface area (Å²) >= 11 is 0. The van der Waals surface area contributed by atoms with Crippen LogP contribution in [-0.2, 0) is 16.0 Å². The van der Waals surface area contributed by atoms with Crippen molar-refractivity contribution in [1.29, 1.82) is 0 Å². The van der Waals surface area contributed by atoms with Crippen LogP contribution in [-0.4, -0.2) is 18.9 Å². The normalized spacial score (nSPS) is 18.5. The molecule has 4 nitrogen and oxygen atoms in total. The van der Waals surface area contributed by atoms with Crippen LogP contribution in [0, 0.1) is 17.6 Å². The standard InChI is InChI=1S/C19H18F2N2O2/c1-22-18(24)8-11-2-5-13(6-3-11)23-19(25)16-10-15(16)14-7-4-12(20)9-17(14)21/h2-7,9,15-16H,8,10H2,1H3,(H,22,24)(H,23,25). The third-order valence-electron chi connectivity index (χ3n) is 4.35. The summed E-state index contributed by atoms with van der Waals surface area (Å²) in [4.78, 5) is 23.6. The van der Waals surface area contributed by atoms with Crippen LogP contribution in [0.3, 0.4) is 0 Å². The first-order chi connectivity index (χ1) is 12.0. The molecule has 0 saturated heterocycles. The number of benzene rings is 2. The first-order valence-electron chi connectivity index (χ1n) is 8.03. The Kier molecular flexibility index (Phi) is 4.79. The Labute approximate surface area is 144 Å². The van der Waals surface area contributed by atoms with Gasteiger partial charge in [-0.25, -0.2) is 8.78 Å². The Morgan fingerprint density at radius 3 is 2.48 bits per heavy atom. The van der Waals surface area contributed by atoms with Crippen LogP contribution in [0.2, 0.25) is 0 Å². The Morgan fingerprint density at radius 1 is 1.12 bits per heavy atom. The van der Waals surface area contributed by atoms with Crippen molar-refractivity contribution in [2.75, 3.05) is 12.4 Å². The number of rotatable bonds is 5. The number of nitrogens with one attached hydrogen (secondary N) is 2. The Hall–Kier alpha value is -2.76. The summed E-state index contributed by atoms with van der Waals surface area (Å²) in [6.45, 7) is 0. The zero-order chi connectivity index (χ0) is 18.0. The van der Waals surface area contributed by atoms with E-state index in [-0.39, 0.29) is 30.1 Å². The molecule has 130 valence electrons. The Morgan fingerprint density at radius 2 is 1.84 bits per heavy atom. The largest absolute Gasteiger partial charge is 0.359 e. The van der Waals surface area contributed by atoms with Crippen molar-refractivity contribution in [3.8, 4) is 0 Å². The minimum absolute atomic E-state index is 0.0843. The van der Waals surface area contributed by atoms with Gasteiger partial charge in [0.05, 0.1) is 6.42 Å². The lowest BCUT2D eigenvalue weighted by Crippen LogP contribution is -2.20. The van der Waals surface area contributed by atoms with Gasteiger partial charge in [-0.15, -0.1) is 0 Å². The molecule has 3 rings (SSSR count). The second kappa shape index (κ2) is 7.01. The highest BCUT2D eigenvalue weighted by Crippen LogP contribution is 2.48. The second-order valence-electron chi connectivity index (χ2n) is 6.15. The zero-order valence-corrected chi connectivity index (χ0v) is 13.7. The summed E-state index contributed by atoms with van der Waals surface area (Å²) in [5, 5.41) is 5.34. The van der Waals surface area contributed by atoms with Crippen LogP contribution < -0.4 is 10.6 Å². The van der Waals surface area contributed by atoms with Crippen LogP contribution in [0.15, 0.2) is 42.5 Å². The number of hydrogen-bond donors (Lipinski definition) is 2. The van der Waals surface area contributed by atoms with E-state index in [4.69, 9.17) is 0 Å². The third-order valence-corrected chi connectivity index (χ3v) is 4.35. The van der Waals surface area contributed by atoms with E-state index in [1.165, 1.54) is 12.1 Å². The van der Waals surface area contributed by atoms with E-state index in [0.717, 1.165) is 11.6 Å². The molecule has 2 aromatic carbocycles. The molecule has 0 heterocycles. The van der Waals surface area contributed by atoms with Gasteiger partial charge in [-0.05, 0) is 41.7 Å². The lowest BCUT2D eigenvalue weighted by Gasteiger charge is -2.07. The van der Waals surface area contributed by atoms with Gasteiger partial charge in [-0.3, -0.25) is 9.59 Å². The van der Waals surface area contributed by atoms with Gasteiger partial charge in [-0.2, -0.15) is 0 Å². The van der Waals surface area contributed by atoms with Crippen molar-refractivity contribution < 1.29 is 18.4 Å². The lowest BCUT2D eigenvalue weighted by atomic mass is 10.1. The van der Waals surface area contributed by atoms with Crippen molar-refractivity contribution in [1.82, 2.24) is 5.32 Å². The quantitative estimate of drug-likeness (QED) is 0.876. The number of likely N-dealkylation sites (N-methyl/N-ethyl adjacent to an activating group) is 1. The van der Waals surface area contributed by atoms with Gasteiger partial charge < -0.3 is 10.6 Å². The van der Waals surface area contributed by atoms with Crippen LogP contribution in [0.25, 0.3) is 0 Å². The van der Waals surface area contributed by atoms with E-state index in [9.17, 15) is 18.4 Å². The fraction of sp³-hybridized carbons (Fsp3) is 0.263. The van der Waals surface area contributed by atoms with Crippen LogP contribution in [0.4, 0.5) is 14.5 Å². The predicted molar refractivity (Wildman–Crippen MR) is 90.0 cm³/mol. The molecule has 0 spiro atoms. The first kappa shape index (κ1) is 17.1. The molecule has 0 radical (unpaired) electrons. The Bertz CT molecular complexity index is 806. The van der Waals surface area contributed by atoms with Crippen molar-refractivity contribution in [2.45, 2.75) is 18.8 Å². The van der Waals surface area contributed by atoms with Crippen molar-refractivity contribution >= 4 is 17.5 Å². The highest BCUT2D eigenvalue weighted by molar-refractivity contribution is 5.95. The van der Waals surface area contributed by atoms with Gasteiger partial charge in [0.25, 0.3) is 0 Å². The number of halogens is 2. The van der Waals surface area contributed by atoms with E-state index in [1.54, 1.807) is 31.3 Å². The maximum Gasteiger partial charge on any atom is 0.228 e. The molecule has 2 aromatic rings. The topological polar surface area (TPSA) is 58.2 Å². The summed E-state index contributed by atoms with van der Waals surface area (Å²) in [7, 11) is 1.58. The molecule has 0 aromatic heterocycles. The van der Waals surface area contributed by atoms with E-state index >= 15 is 0 Å². The molecular weight excluding hydrogens is 326 g/mol. The minimum Gasteiger partial charge on any atom is -0.359 e. The molecule has 0 aliphatic heterocycles. The van der Waals surface area contributed by atoms with Crippen LogP contribution in [0.5, 0.6) is 0 Å². The predicted octanol–water partition coefficient (Wildman–Crippen LogP) is 3.00. The van der Waals surface area contributed by atoms with Crippen LogP contribution >= 0.6 is 0 Å². The first-order valence-corrected chi connectivity index (χ1v) is 8.03. The van der Waals surface area contributed by atoms with E-state index in [0.29, 0.717) is 17.7 Å². The third kappa shape index (κ3) is 4.02. The van der Waals surface area contributed by atoms with Gasteiger partial charge in [0.2, 0.25) is 11.8 Å². The molecule has 1 saturated carbocycles. The SMILES string of the molecule is CNC(=O)Cc1ccc(NC(=O)C2CC2c2ccc(F)cc2F)cc1. The molecule has 6 heteroatoms. The molecule has 1 fully saturated rings. The van der Waals surface area contributed by atoms with Gasteiger partial charge in [0.1, 0.15) is 11.6 Å². The van der Waals surface area contributed by atoms with Gasteiger partial charge in [0.15, 0.2) is 0 Å². The monoisotopic (exact) mass is 344 g/mol. The lowest BCUT2D eigenvalue weighted by molar-refractivity contribution is -0.120. The smallest absolute Gasteiger partial charge is 0.228 e. The highest BCUT2D eigenvalue weighted by Gasteiger charge is 2.45. The molecular formula is C19H18F2N2O2. The van der Waals surface area contributed by atoms with Crippen molar-refractivity contribution in [2.24, 2.45) is 5.92 Å². The van der Waals surface area contributed by atoms with Crippen molar-refractivity contribution in [3.05, 3.63) is 65.2 Å². The molecule has 2 amide bonds. The molecule has 1 aliphatic rings. The average Bonchev–Trinajstić information content (AvgIpc) is 3.37. The molecule has 2 unspecified atom stereocenters. The van der Waals surface area contributed by atoms with Crippen molar-refractivity contribution in [3.63, 3.8) is 0 Å². The number of amides is 2. The van der Waals surface area contributed by atoms with E-state index in [2.05, 4.69) is 10.6 Å². The maximum absolute atomic E-state index is 13.8. The van der Waals surface area contributed by atoms with Gasteiger partial charge in [-0.1, -0.05) is 18.2 Å². The average molecular weight is 344 g/mol. The Balaban J connectivity index is 1.59. The molecule has 25 heavy (non-hydrogen) atoms. The maximum atomic E-state index is 13.8.